The first-order valence-electron chi connectivity index (χ1n) is 15.1. The molecule has 0 amide bonds. The Morgan fingerprint density at radius 1 is 0.444 bits per heavy atom. The number of ketones is 2. The van der Waals surface area contributed by atoms with Crippen LogP contribution >= 0.6 is 0 Å². The molecule has 218 valence electrons. The van der Waals surface area contributed by atoms with Crippen molar-refractivity contribution in [2.24, 2.45) is 0 Å². The molecule has 0 spiro atoms. The van der Waals surface area contributed by atoms with Gasteiger partial charge in [-0.2, -0.15) is 0 Å². The smallest absolute Gasteiger partial charge is 0.169 e. The second kappa shape index (κ2) is 11.4. The molecule has 45 heavy (non-hydrogen) atoms. The van der Waals surface area contributed by atoms with E-state index < -0.39 is 5.41 Å². The van der Waals surface area contributed by atoms with Crippen LogP contribution in [0.3, 0.4) is 0 Å². The third-order valence-corrected chi connectivity index (χ3v) is 8.98. The molecule has 0 saturated carbocycles. The lowest BCUT2D eigenvalue weighted by Gasteiger charge is -2.34. The number of Topliss-reactive ketones (excluding diaryl/α,β-unsaturated/α-hetero) is 2. The van der Waals surface area contributed by atoms with Crippen molar-refractivity contribution in [1.29, 1.82) is 0 Å². The zero-order valence-electron chi connectivity index (χ0n) is 24.7. The number of nitrogen functional groups attached to an aromatic ring is 2. The number of carbonyl (C=O) groups excluding carboxylic acids is 2. The van der Waals surface area contributed by atoms with Gasteiger partial charge in [0.2, 0.25) is 0 Å². The summed E-state index contributed by atoms with van der Waals surface area (Å²) < 4.78 is 0. The van der Waals surface area contributed by atoms with Gasteiger partial charge in [-0.3, -0.25) is 9.59 Å². The highest BCUT2D eigenvalue weighted by atomic mass is 16.1. The predicted octanol–water partition coefficient (Wildman–Crippen LogP) is 8.06. The van der Waals surface area contributed by atoms with E-state index in [1.165, 1.54) is 22.3 Å². The molecule has 4 N–H and O–H groups in total. The fourth-order valence-electron chi connectivity index (χ4n) is 6.83. The number of nitrogens with two attached hydrogens (primary N) is 2. The highest BCUT2D eigenvalue weighted by Gasteiger charge is 2.45. The topological polar surface area (TPSA) is 86.2 Å². The summed E-state index contributed by atoms with van der Waals surface area (Å²) in [6, 6.07) is 48.3. The number of benzene rings is 6. The standard InChI is InChI=1S/C41H32N2O2/c42-37-15-7-3-11-33(37)39(44)25-27-17-21-29(22-18-27)41(35-13-5-1-9-31(35)32-10-2-6-14-36(32)41)30-23-19-28(20-24-30)26-40(45)34-12-4-8-16-38(34)43/h1-24H,25-26,42-43H2. The molecular weight excluding hydrogens is 552 g/mol. The van der Waals surface area contributed by atoms with E-state index in [9.17, 15) is 9.59 Å². The van der Waals surface area contributed by atoms with Gasteiger partial charge in [-0.05, 0) is 68.8 Å². The van der Waals surface area contributed by atoms with Crippen molar-refractivity contribution >= 4 is 22.9 Å². The lowest BCUT2D eigenvalue weighted by Crippen LogP contribution is -2.28. The van der Waals surface area contributed by atoms with Crippen LogP contribution in [0, 0.1) is 0 Å². The SMILES string of the molecule is Nc1ccccc1C(=O)Cc1ccc(C2(c3ccc(CC(=O)c4ccccc4N)cc3)c3ccccc3-c3ccccc32)cc1. The molecule has 7 rings (SSSR count). The van der Waals surface area contributed by atoms with Crippen LogP contribution in [-0.2, 0) is 18.3 Å². The summed E-state index contributed by atoms with van der Waals surface area (Å²) in [5, 5.41) is 0. The maximum Gasteiger partial charge on any atom is 0.169 e. The minimum atomic E-state index is -0.577. The summed E-state index contributed by atoms with van der Waals surface area (Å²) >= 11 is 0. The van der Waals surface area contributed by atoms with Crippen LogP contribution < -0.4 is 11.5 Å². The van der Waals surface area contributed by atoms with Gasteiger partial charge in [-0.15, -0.1) is 0 Å². The Labute approximate surface area is 263 Å². The molecule has 0 saturated heterocycles. The molecule has 1 aliphatic carbocycles. The van der Waals surface area contributed by atoms with E-state index in [0.29, 0.717) is 22.5 Å². The Morgan fingerprint density at radius 3 is 1.20 bits per heavy atom. The Bertz CT molecular complexity index is 1910. The lowest BCUT2D eigenvalue weighted by molar-refractivity contribution is 0.0985. The summed E-state index contributed by atoms with van der Waals surface area (Å²) in [4.78, 5) is 26.2. The predicted molar refractivity (Wildman–Crippen MR) is 182 cm³/mol. The number of rotatable bonds is 8. The summed E-state index contributed by atoms with van der Waals surface area (Å²) in [5.74, 6) is -0.0102. The summed E-state index contributed by atoms with van der Waals surface area (Å²) in [7, 11) is 0. The van der Waals surface area contributed by atoms with Crippen molar-refractivity contribution in [2.45, 2.75) is 18.3 Å². The van der Waals surface area contributed by atoms with Gasteiger partial charge in [0, 0.05) is 35.3 Å². The molecule has 0 bridgehead atoms. The van der Waals surface area contributed by atoms with E-state index in [0.717, 1.165) is 22.3 Å². The molecule has 0 fully saturated rings. The maximum atomic E-state index is 13.1. The van der Waals surface area contributed by atoms with Crippen molar-refractivity contribution in [3.8, 4) is 11.1 Å². The highest BCUT2D eigenvalue weighted by molar-refractivity contribution is 6.02. The summed E-state index contributed by atoms with van der Waals surface area (Å²) in [5.41, 5.74) is 22.5. The number of para-hydroxylation sites is 2. The Balaban J connectivity index is 1.30. The number of carbonyl (C=O) groups is 2. The van der Waals surface area contributed by atoms with E-state index in [1.807, 2.05) is 24.3 Å². The van der Waals surface area contributed by atoms with Gasteiger partial charge >= 0.3 is 0 Å². The van der Waals surface area contributed by atoms with Gasteiger partial charge in [0.25, 0.3) is 0 Å². The molecule has 0 radical (unpaired) electrons. The molecule has 0 unspecified atom stereocenters. The van der Waals surface area contributed by atoms with Gasteiger partial charge in [0.05, 0.1) is 5.41 Å². The zero-order valence-corrected chi connectivity index (χ0v) is 24.7. The quantitative estimate of drug-likeness (QED) is 0.140. The normalized spacial score (nSPS) is 12.7. The van der Waals surface area contributed by atoms with Gasteiger partial charge in [0.15, 0.2) is 11.6 Å². The fourth-order valence-corrected chi connectivity index (χ4v) is 6.83. The average Bonchev–Trinajstić information content (AvgIpc) is 3.37. The van der Waals surface area contributed by atoms with Crippen molar-refractivity contribution < 1.29 is 9.59 Å². The molecule has 0 aromatic heterocycles. The van der Waals surface area contributed by atoms with E-state index >= 15 is 0 Å². The van der Waals surface area contributed by atoms with E-state index in [2.05, 4.69) is 97.1 Å². The third-order valence-electron chi connectivity index (χ3n) is 8.98. The van der Waals surface area contributed by atoms with Crippen LogP contribution in [0.2, 0.25) is 0 Å². The summed E-state index contributed by atoms with van der Waals surface area (Å²) in [6.45, 7) is 0. The molecule has 6 aromatic carbocycles. The van der Waals surface area contributed by atoms with Gasteiger partial charge < -0.3 is 11.5 Å². The zero-order chi connectivity index (χ0) is 31.0. The molecular formula is C41H32N2O2. The number of fused-ring (bicyclic) bond motifs is 3. The van der Waals surface area contributed by atoms with Crippen molar-refractivity contribution in [2.75, 3.05) is 11.5 Å². The first-order valence-corrected chi connectivity index (χ1v) is 15.1. The largest absolute Gasteiger partial charge is 0.398 e. The van der Waals surface area contributed by atoms with Crippen LogP contribution in [0.15, 0.2) is 146 Å². The van der Waals surface area contributed by atoms with E-state index in [1.54, 1.807) is 24.3 Å². The van der Waals surface area contributed by atoms with Gasteiger partial charge in [0.1, 0.15) is 0 Å². The van der Waals surface area contributed by atoms with Crippen molar-refractivity contribution in [1.82, 2.24) is 0 Å². The maximum absolute atomic E-state index is 13.1. The highest BCUT2D eigenvalue weighted by Crippen LogP contribution is 2.56. The molecule has 0 atom stereocenters. The molecule has 4 nitrogen and oxygen atoms in total. The molecule has 0 aliphatic heterocycles. The minimum Gasteiger partial charge on any atom is -0.398 e. The second-order valence-electron chi connectivity index (χ2n) is 11.6. The first kappa shape index (κ1) is 28.1. The van der Waals surface area contributed by atoms with Crippen LogP contribution in [0.5, 0.6) is 0 Å². The average molecular weight is 585 g/mol. The van der Waals surface area contributed by atoms with Gasteiger partial charge in [-0.25, -0.2) is 0 Å². The van der Waals surface area contributed by atoms with Crippen LogP contribution in [-0.4, -0.2) is 11.6 Å². The van der Waals surface area contributed by atoms with Crippen LogP contribution in [0.1, 0.15) is 54.1 Å². The van der Waals surface area contributed by atoms with Crippen LogP contribution in [0.25, 0.3) is 11.1 Å². The molecule has 0 heterocycles. The molecule has 4 heteroatoms. The first-order chi connectivity index (χ1) is 22.0. The van der Waals surface area contributed by atoms with E-state index in [4.69, 9.17) is 11.5 Å². The Hall–Kier alpha value is -5.74. The van der Waals surface area contributed by atoms with E-state index in [-0.39, 0.29) is 24.4 Å². The molecule has 6 aromatic rings. The van der Waals surface area contributed by atoms with Gasteiger partial charge in [-0.1, -0.05) is 121 Å². The summed E-state index contributed by atoms with van der Waals surface area (Å²) in [6.07, 6.45) is 0.534. The lowest BCUT2D eigenvalue weighted by atomic mass is 9.67. The molecule has 1 aliphatic rings. The second-order valence-corrected chi connectivity index (χ2v) is 11.6. The minimum absolute atomic E-state index is 0.00508. The number of hydrogen-bond donors (Lipinski definition) is 2. The monoisotopic (exact) mass is 584 g/mol. The Kier molecular flexibility index (Phi) is 7.11. The van der Waals surface area contributed by atoms with Crippen molar-refractivity contribution in [3.05, 3.63) is 190 Å². The van der Waals surface area contributed by atoms with Crippen molar-refractivity contribution in [3.63, 3.8) is 0 Å². The number of hydrogen-bond acceptors (Lipinski definition) is 4. The fraction of sp³-hybridized carbons (Fsp3) is 0.0732. The third kappa shape index (κ3) is 4.81. The van der Waals surface area contributed by atoms with Crippen LogP contribution in [0.4, 0.5) is 11.4 Å². The number of anilines is 2. The Morgan fingerprint density at radius 2 is 0.800 bits per heavy atom.